The Morgan fingerprint density at radius 3 is 2.11 bits per heavy atom. The van der Waals surface area contributed by atoms with E-state index in [2.05, 4.69) is 4.98 Å². The third-order valence-electron chi connectivity index (χ3n) is 4.33. The largest absolute Gasteiger partial charge is 0.482 e. The summed E-state index contributed by atoms with van der Waals surface area (Å²) in [6.45, 7) is 7.36. The van der Waals surface area contributed by atoms with Crippen molar-refractivity contribution in [2.45, 2.75) is 40.7 Å². The standard InChI is InChI=1S/C21H23NO6/c1-11-19(14(4)24)12(2)22-20(11)21(26)15(5)28-18(25)10-27-17-8-6-16(7-9-17)13(3)23/h6-9,15,22H,10H2,1-5H3/t15-/m0/s1. The van der Waals surface area contributed by atoms with Crippen LogP contribution < -0.4 is 4.74 Å². The van der Waals surface area contributed by atoms with E-state index in [1.165, 1.54) is 20.8 Å². The molecule has 1 N–H and O–H groups in total. The minimum Gasteiger partial charge on any atom is -0.482 e. The molecule has 0 saturated heterocycles. The van der Waals surface area contributed by atoms with Crippen molar-refractivity contribution in [1.29, 1.82) is 0 Å². The minimum atomic E-state index is -1.03. The van der Waals surface area contributed by atoms with Crippen LogP contribution in [0.5, 0.6) is 5.75 Å². The molecule has 1 aromatic heterocycles. The zero-order valence-corrected chi connectivity index (χ0v) is 16.5. The minimum absolute atomic E-state index is 0.0684. The second-order valence-corrected chi connectivity index (χ2v) is 6.55. The topological polar surface area (TPSA) is 103 Å². The van der Waals surface area contributed by atoms with Crippen LogP contribution in [0.1, 0.15) is 63.2 Å². The molecule has 28 heavy (non-hydrogen) atoms. The van der Waals surface area contributed by atoms with Gasteiger partial charge < -0.3 is 14.5 Å². The fraction of sp³-hybridized carbons (Fsp3) is 0.333. The number of esters is 1. The highest BCUT2D eigenvalue weighted by Crippen LogP contribution is 2.20. The molecule has 7 nitrogen and oxygen atoms in total. The van der Waals surface area contributed by atoms with Crippen LogP contribution in [-0.4, -0.2) is 41.0 Å². The van der Waals surface area contributed by atoms with Crippen LogP contribution in [0.4, 0.5) is 0 Å². The first kappa shape index (κ1) is 21.1. The summed E-state index contributed by atoms with van der Waals surface area (Å²) in [4.78, 5) is 50.4. The Kier molecular flexibility index (Phi) is 6.51. The second-order valence-electron chi connectivity index (χ2n) is 6.55. The number of carbonyl (C=O) groups is 4. The molecule has 0 aliphatic rings. The van der Waals surface area contributed by atoms with E-state index in [-0.39, 0.29) is 23.9 Å². The van der Waals surface area contributed by atoms with Gasteiger partial charge in [0.1, 0.15) is 5.75 Å². The molecule has 0 aliphatic heterocycles. The molecule has 0 amide bonds. The Bertz CT molecular complexity index is 923. The van der Waals surface area contributed by atoms with Crippen molar-refractivity contribution in [3.63, 3.8) is 0 Å². The predicted molar refractivity (Wildman–Crippen MR) is 102 cm³/mol. The maximum atomic E-state index is 12.6. The zero-order valence-electron chi connectivity index (χ0n) is 16.5. The molecule has 0 aliphatic carbocycles. The molecular formula is C21H23NO6. The number of ether oxygens (including phenoxy) is 2. The third kappa shape index (κ3) is 4.73. The number of aryl methyl sites for hydroxylation is 1. The third-order valence-corrected chi connectivity index (χ3v) is 4.33. The van der Waals surface area contributed by atoms with E-state index in [4.69, 9.17) is 9.47 Å². The average molecular weight is 385 g/mol. The first-order chi connectivity index (χ1) is 13.1. The van der Waals surface area contributed by atoms with Crippen molar-refractivity contribution in [1.82, 2.24) is 4.98 Å². The van der Waals surface area contributed by atoms with Gasteiger partial charge in [0.2, 0.25) is 5.78 Å². The quantitative estimate of drug-likeness (QED) is 0.553. The second kappa shape index (κ2) is 8.65. The van der Waals surface area contributed by atoms with Gasteiger partial charge in [0, 0.05) is 16.8 Å². The van der Waals surface area contributed by atoms with Crippen molar-refractivity contribution in [2.24, 2.45) is 0 Å². The summed E-state index contributed by atoms with van der Waals surface area (Å²) in [6.07, 6.45) is -1.03. The van der Waals surface area contributed by atoms with Crippen LogP contribution in [0.15, 0.2) is 24.3 Å². The van der Waals surface area contributed by atoms with Gasteiger partial charge in [0.15, 0.2) is 24.3 Å². The lowest BCUT2D eigenvalue weighted by Gasteiger charge is -2.13. The van der Waals surface area contributed by atoms with Crippen LogP contribution in [-0.2, 0) is 9.53 Å². The number of aromatic nitrogens is 1. The molecule has 1 aromatic carbocycles. The summed E-state index contributed by atoms with van der Waals surface area (Å²) < 4.78 is 10.5. The molecule has 2 aromatic rings. The molecule has 0 radical (unpaired) electrons. The maximum Gasteiger partial charge on any atom is 0.344 e. The van der Waals surface area contributed by atoms with Gasteiger partial charge in [-0.15, -0.1) is 0 Å². The van der Waals surface area contributed by atoms with Crippen LogP contribution in [0.2, 0.25) is 0 Å². The molecule has 0 saturated carbocycles. The molecule has 0 spiro atoms. The number of carbonyl (C=O) groups excluding carboxylic acids is 4. The smallest absolute Gasteiger partial charge is 0.344 e. The Hall–Kier alpha value is -3.22. The van der Waals surface area contributed by atoms with E-state index >= 15 is 0 Å². The summed E-state index contributed by atoms with van der Waals surface area (Å²) in [6, 6.07) is 6.34. The normalized spacial score (nSPS) is 11.6. The lowest BCUT2D eigenvalue weighted by atomic mass is 10.0. The fourth-order valence-electron chi connectivity index (χ4n) is 2.94. The van der Waals surface area contributed by atoms with Crippen molar-refractivity contribution in [3.05, 3.63) is 52.3 Å². The molecule has 1 atom stereocenters. The van der Waals surface area contributed by atoms with Crippen molar-refractivity contribution in [3.8, 4) is 5.75 Å². The first-order valence-corrected chi connectivity index (χ1v) is 8.79. The highest BCUT2D eigenvalue weighted by atomic mass is 16.6. The number of ketones is 3. The lowest BCUT2D eigenvalue weighted by Crippen LogP contribution is -2.28. The molecule has 0 bridgehead atoms. The summed E-state index contributed by atoms with van der Waals surface area (Å²) >= 11 is 0. The molecular weight excluding hydrogens is 362 g/mol. The first-order valence-electron chi connectivity index (χ1n) is 8.79. The van der Waals surface area contributed by atoms with E-state index in [1.807, 2.05) is 0 Å². The predicted octanol–water partition coefficient (Wildman–Crippen LogP) is 3.23. The fourth-order valence-corrected chi connectivity index (χ4v) is 2.94. The number of hydrogen-bond acceptors (Lipinski definition) is 6. The average Bonchev–Trinajstić information content (AvgIpc) is 2.93. The van der Waals surface area contributed by atoms with Gasteiger partial charge in [0.25, 0.3) is 0 Å². The number of nitrogens with one attached hydrogen (secondary N) is 1. The number of benzene rings is 1. The van der Waals surface area contributed by atoms with Gasteiger partial charge in [-0.1, -0.05) is 0 Å². The van der Waals surface area contributed by atoms with Gasteiger partial charge in [-0.3, -0.25) is 14.4 Å². The van der Waals surface area contributed by atoms with Gasteiger partial charge >= 0.3 is 5.97 Å². The van der Waals surface area contributed by atoms with Crippen molar-refractivity contribution in [2.75, 3.05) is 6.61 Å². The number of Topliss-reactive ketones (excluding diaryl/α,β-unsaturated/α-hetero) is 3. The van der Waals surface area contributed by atoms with Crippen molar-refractivity contribution < 1.29 is 28.7 Å². The summed E-state index contributed by atoms with van der Waals surface area (Å²) in [5.74, 6) is -0.931. The summed E-state index contributed by atoms with van der Waals surface area (Å²) in [5, 5.41) is 0. The van der Waals surface area contributed by atoms with Gasteiger partial charge in [-0.2, -0.15) is 0 Å². The molecule has 7 heteroatoms. The molecule has 148 valence electrons. The zero-order chi connectivity index (χ0) is 21.0. The molecule has 0 fully saturated rings. The van der Waals surface area contributed by atoms with Crippen molar-refractivity contribution >= 4 is 23.3 Å². The van der Waals surface area contributed by atoms with Crippen LogP contribution in [0.3, 0.4) is 0 Å². The van der Waals surface area contributed by atoms with Crippen LogP contribution in [0.25, 0.3) is 0 Å². The highest BCUT2D eigenvalue weighted by Gasteiger charge is 2.26. The molecule has 0 unspecified atom stereocenters. The lowest BCUT2D eigenvalue weighted by molar-refractivity contribution is -0.148. The van der Waals surface area contributed by atoms with Gasteiger partial charge in [-0.25, -0.2) is 4.79 Å². The Labute approximate surface area is 163 Å². The number of rotatable bonds is 8. The van der Waals surface area contributed by atoms with E-state index in [9.17, 15) is 19.2 Å². The summed E-state index contributed by atoms with van der Waals surface area (Å²) in [7, 11) is 0. The highest BCUT2D eigenvalue weighted by molar-refractivity contribution is 6.05. The maximum absolute atomic E-state index is 12.6. The molecule has 1 heterocycles. The van der Waals surface area contributed by atoms with E-state index in [0.717, 1.165) is 0 Å². The van der Waals surface area contributed by atoms with E-state index < -0.39 is 17.9 Å². The molecule has 2 rings (SSSR count). The van der Waals surface area contributed by atoms with Crippen LogP contribution >= 0.6 is 0 Å². The Morgan fingerprint density at radius 1 is 1.00 bits per heavy atom. The summed E-state index contributed by atoms with van der Waals surface area (Å²) in [5.41, 5.74) is 2.41. The number of hydrogen-bond donors (Lipinski definition) is 1. The SMILES string of the molecule is CC(=O)c1ccc(OCC(=O)O[C@@H](C)C(=O)c2[nH]c(C)c(C(C)=O)c2C)cc1. The number of H-pyrrole nitrogens is 1. The number of aromatic amines is 1. The van der Waals surface area contributed by atoms with E-state index in [0.29, 0.717) is 28.1 Å². The van der Waals surface area contributed by atoms with Gasteiger partial charge in [0.05, 0.1) is 5.69 Å². The Morgan fingerprint density at radius 2 is 1.61 bits per heavy atom. The Balaban J connectivity index is 1.96. The monoisotopic (exact) mass is 385 g/mol. The van der Waals surface area contributed by atoms with Gasteiger partial charge in [-0.05, 0) is 64.4 Å². The van der Waals surface area contributed by atoms with Crippen LogP contribution in [0, 0.1) is 13.8 Å². The van der Waals surface area contributed by atoms with E-state index in [1.54, 1.807) is 38.1 Å².